The van der Waals surface area contributed by atoms with Crippen molar-refractivity contribution in [2.24, 2.45) is 0 Å². The van der Waals surface area contributed by atoms with Gasteiger partial charge in [-0.05, 0) is 0 Å². The van der Waals surface area contributed by atoms with Crippen molar-refractivity contribution in [2.45, 2.75) is 117 Å². The Morgan fingerprint density at radius 2 is 0.545 bits per heavy atom. The molecule has 0 aliphatic heterocycles. The van der Waals surface area contributed by atoms with Crippen LogP contribution in [0.1, 0.15) is 117 Å². The zero-order valence-electron chi connectivity index (χ0n) is 15.6. The molecule has 0 unspecified atom stereocenters. The number of aliphatic hydroxyl groups is 2. The predicted molar refractivity (Wildman–Crippen MR) is 99.4 cm³/mol. The fourth-order valence-corrected chi connectivity index (χ4v) is 2.62. The summed E-state index contributed by atoms with van der Waals surface area (Å²) < 4.78 is 0. The second-order valence-corrected chi connectivity index (χ2v) is 6.40. The van der Waals surface area contributed by atoms with Gasteiger partial charge in [0, 0.05) is 0 Å². The molecule has 22 heavy (non-hydrogen) atoms. The van der Waals surface area contributed by atoms with E-state index in [0.717, 1.165) is 0 Å². The van der Waals surface area contributed by atoms with Crippen LogP contribution in [0.4, 0.5) is 0 Å². The van der Waals surface area contributed by atoms with Crippen LogP contribution in [0.2, 0.25) is 0 Å². The van der Waals surface area contributed by atoms with Crippen LogP contribution >= 0.6 is 0 Å². The zero-order chi connectivity index (χ0) is 16.7. The SMILES string of the molecule is CCCCCCCCCCCCCCCCCC.OCCO. The smallest absolute Gasteiger partial charge is 0.0662 e. The second-order valence-electron chi connectivity index (χ2n) is 6.40. The normalized spacial score (nSPS) is 10.4. The topological polar surface area (TPSA) is 40.5 Å². The molecular weight excluding hydrogens is 272 g/mol. The molecule has 2 N–H and O–H groups in total. The monoisotopic (exact) mass is 316 g/mol. The molecule has 0 fully saturated rings. The molecule has 0 heterocycles. The molecule has 0 aromatic heterocycles. The quantitative estimate of drug-likeness (QED) is 0.331. The van der Waals surface area contributed by atoms with Gasteiger partial charge in [0.05, 0.1) is 13.2 Å². The van der Waals surface area contributed by atoms with Gasteiger partial charge in [0.25, 0.3) is 0 Å². The van der Waals surface area contributed by atoms with Crippen LogP contribution in [-0.4, -0.2) is 23.4 Å². The lowest BCUT2D eigenvalue weighted by molar-refractivity contribution is 0.186. The Morgan fingerprint density at radius 1 is 0.364 bits per heavy atom. The van der Waals surface area contributed by atoms with Gasteiger partial charge in [0.15, 0.2) is 0 Å². The fraction of sp³-hybridized carbons (Fsp3) is 1.00. The van der Waals surface area contributed by atoms with Gasteiger partial charge >= 0.3 is 0 Å². The minimum Gasteiger partial charge on any atom is -0.394 e. The van der Waals surface area contributed by atoms with Crippen LogP contribution in [0.25, 0.3) is 0 Å². The molecule has 0 aliphatic rings. The van der Waals surface area contributed by atoms with Crippen LogP contribution in [-0.2, 0) is 0 Å². The van der Waals surface area contributed by atoms with Crippen LogP contribution < -0.4 is 0 Å². The lowest BCUT2D eigenvalue weighted by atomic mass is 10.0. The highest BCUT2D eigenvalue weighted by atomic mass is 16.3. The predicted octanol–water partition coefficient (Wildman–Crippen LogP) is 6.24. The third-order valence-corrected chi connectivity index (χ3v) is 4.06. The van der Waals surface area contributed by atoms with E-state index in [2.05, 4.69) is 13.8 Å². The Bertz CT molecular complexity index is 142. The molecule has 136 valence electrons. The van der Waals surface area contributed by atoms with Gasteiger partial charge in [0.1, 0.15) is 0 Å². The van der Waals surface area contributed by atoms with E-state index in [-0.39, 0.29) is 13.2 Å². The van der Waals surface area contributed by atoms with Crippen molar-refractivity contribution in [3.63, 3.8) is 0 Å². The zero-order valence-corrected chi connectivity index (χ0v) is 15.6. The van der Waals surface area contributed by atoms with Gasteiger partial charge in [-0.3, -0.25) is 0 Å². The number of unbranched alkanes of at least 4 members (excludes halogenated alkanes) is 15. The summed E-state index contributed by atoms with van der Waals surface area (Å²) in [6, 6.07) is 0. The molecular formula is C20H44O2. The Balaban J connectivity index is 0. The average Bonchev–Trinajstić information content (AvgIpc) is 2.55. The Labute approximate surface area is 140 Å². The fourth-order valence-electron chi connectivity index (χ4n) is 2.62. The van der Waals surface area contributed by atoms with E-state index >= 15 is 0 Å². The molecule has 0 radical (unpaired) electrons. The summed E-state index contributed by atoms with van der Waals surface area (Å²) in [6.07, 6.45) is 23.4. The summed E-state index contributed by atoms with van der Waals surface area (Å²) in [4.78, 5) is 0. The highest BCUT2D eigenvalue weighted by molar-refractivity contribution is 4.49. The number of aliphatic hydroxyl groups excluding tert-OH is 2. The van der Waals surface area contributed by atoms with E-state index < -0.39 is 0 Å². The summed E-state index contributed by atoms with van der Waals surface area (Å²) in [5.41, 5.74) is 0. The summed E-state index contributed by atoms with van der Waals surface area (Å²) in [7, 11) is 0. The molecule has 0 saturated heterocycles. The van der Waals surface area contributed by atoms with Crippen molar-refractivity contribution >= 4 is 0 Å². The highest BCUT2D eigenvalue weighted by Gasteiger charge is 1.93. The molecule has 0 bridgehead atoms. The molecule has 0 rings (SSSR count). The maximum absolute atomic E-state index is 7.62. The third kappa shape index (κ3) is 28.1. The van der Waals surface area contributed by atoms with Gasteiger partial charge in [-0.1, -0.05) is 117 Å². The van der Waals surface area contributed by atoms with Crippen molar-refractivity contribution in [3.8, 4) is 0 Å². The maximum atomic E-state index is 7.62. The minimum atomic E-state index is -0.125. The van der Waals surface area contributed by atoms with E-state index in [1.54, 1.807) is 0 Å². The first-order chi connectivity index (χ1) is 10.8. The molecule has 0 spiro atoms. The first-order valence-corrected chi connectivity index (χ1v) is 10.0. The molecule has 0 atom stereocenters. The number of hydrogen-bond acceptors (Lipinski definition) is 2. The summed E-state index contributed by atoms with van der Waals surface area (Å²) in [5, 5.41) is 15.2. The van der Waals surface area contributed by atoms with Crippen molar-refractivity contribution in [1.82, 2.24) is 0 Å². The average molecular weight is 317 g/mol. The van der Waals surface area contributed by atoms with Crippen LogP contribution in [0.5, 0.6) is 0 Å². The van der Waals surface area contributed by atoms with Gasteiger partial charge in [-0.2, -0.15) is 0 Å². The minimum absolute atomic E-state index is 0.125. The van der Waals surface area contributed by atoms with Crippen molar-refractivity contribution in [3.05, 3.63) is 0 Å². The molecule has 0 amide bonds. The van der Waals surface area contributed by atoms with E-state index in [9.17, 15) is 0 Å². The van der Waals surface area contributed by atoms with E-state index in [0.29, 0.717) is 0 Å². The first kappa shape index (κ1) is 24.2. The van der Waals surface area contributed by atoms with Gasteiger partial charge in [0.2, 0.25) is 0 Å². The summed E-state index contributed by atoms with van der Waals surface area (Å²) in [5.74, 6) is 0. The molecule has 0 aliphatic carbocycles. The largest absolute Gasteiger partial charge is 0.394 e. The standard InChI is InChI=1S/C18H38.C2H6O2/c1-3-5-7-9-11-13-15-17-18-16-14-12-10-8-6-4-2;3-1-2-4/h3-18H2,1-2H3;3-4H,1-2H2. The molecule has 0 aromatic rings. The lowest BCUT2D eigenvalue weighted by Gasteiger charge is -2.03. The molecule has 2 nitrogen and oxygen atoms in total. The van der Waals surface area contributed by atoms with E-state index in [4.69, 9.17) is 10.2 Å². The summed E-state index contributed by atoms with van der Waals surface area (Å²) >= 11 is 0. The van der Waals surface area contributed by atoms with Crippen molar-refractivity contribution in [2.75, 3.05) is 13.2 Å². The van der Waals surface area contributed by atoms with Crippen LogP contribution in [0, 0.1) is 0 Å². The van der Waals surface area contributed by atoms with E-state index in [1.807, 2.05) is 0 Å². The molecule has 0 aromatic carbocycles. The Morgan fingerprint density at radius 3 is 0.682 bits per heavy atom. The summed E-state index contributed by atoms with van der Waals surface area (Å²) in [6.45, 7) is 4.34. The maximum Gasteiger partial charge on any atom is 0.0662 e. The lowest BCUT2D eigenvalue weighted by Crippen LogP contribution is -1.85. The van der Waals surface area contributed by atoms with Crippen molar-refractivity contribution < 1.29 is 10.2 Å². The molecule has 2 heteroatoms. The van der Waals surface area contributed by atoms with Gasteiger partial charge in [-0.15, -0.1) is 0 Å². The second kappa shape index (κ2) is 25.9. The van der Waals surface area contributed by atoms with E-state index in [1.165, 1.54) is 103 Å². The number of hydrogen-bond donors (Lipinski definition) is 2. The Hall–Kier alpha value is -0.0800. The first-order valence-electron chi connectivity index (χ1n) is 10.0. The number of rotatable bonds is 16. The van der Waals surface area contributed by atoms with Crippen LogP contribution in [0.15, 0.2) is 0 Å². The molecule has 0 saturated carbocycles. The Kier molecular flexibility index (Phi) is 28.4. The van der Waals surface area contributed by atoms with Crippen LogP contribution in [0.3, 0.4) is 0 Å². The third-order valence-electron chi connectivity index (χ3n) is 4.06. The van der Waals surface area contributed by atoms with Gasteiger partial charge < -0.3 is 10.2 Å². The van der Waals surface area contributed by atoms with Gasteiger partial charge in [-0.25, -0.2) is 0 Å². The highest BCUT2D eigenvalue weighted by Crippen LogP contribution is 2.13. The van der Waals surface area contributed by atoms with Crippen molar-refractivity contribution in [1.29, 1.82) is 0 Å².